The number of rotatable bonds is 3. The van der Waals surface area contributed by atoms with E-state index in [1.807, 2.05) is 54.6 Å². The van der Waals surface area contributed by atoms with Crippen molar-refractivity contribution in [3.63, 3.8) is 0 Å². The van der Waals surface area contributed by atoms with Crippen LogP contribution >= 0.6 is 0 Å². The maximum atomic E-state index is 9.34. The molecule has 0 unspecified atom stereocenters. The van der Waals surface area contributed by atoms with Crippen molar-refractivity contribution in [1.82, 2.24) is 0 Å². The van der Waals surface area contributed by atoms with E-state index in [4.69, 9.17) is 4.74 Å². The second-order valence-corrected chi connectivity index (χ2v) is 4.79. The minimum absolute atomic E-state index is 0.590. The van der Waals surface area contributed by atoms with E-state index >= 15 is 0 Å². The molecule has 0 aliphatic heterocycles. The summed E-state index contributed by atoms with van der Waals surface area (Å²) in [6, 6.07) is 15.8. The Hall–Kier alpha value is -3.23. The summed E-state index contributed by atoms with van der Waals surface area (Å²) in [6.07, 6.45) is 5.62. The van der Waals surface area contributed by atoms with Crippen LogP contribution in [0.1, 0.15) is 11.1 Å². The molecule has 22 heavy (non-hydrogen) atoms. The molecule has 0 saturated carbocycles. The number of hydrogen-bond acceptors (Lipinski definition) is 2. The smallest absolute Gasteiger partial charge is 0.135 e. The van der Waals surface area contributed by atoms with Gasteiger partial charge in [-0.1, -0.05) is 47.9 Å². The molecule has 3 rings (SSSR count). The Kier molecular flexibility index (Phi) is 3.77. The first-order chi connectivity index (χ1) is 10.8. The molecule has 0 atom stereocenters. The highest BCUT2D eigenvalue weighted by molar-refractivity contribution is 5.86. The Labute approximate surface area is 129 Å². The van der Waals surface area contributed by atoms with Crippen LogP contribution in [0.5, 0.6) is 5.75 Å². The van der Waals surface area contributed by atoms with Crippen molar-refractivity contribution in [3.05, 3.63) is 83.3 Å². The third-order valence-electron chi connectivity index (χ3n) is 3.45. The lowest BCUT2D eigenvalue weighted by atomic mass is 9.94. The molecule has 1 aliphatic carbocycles. The summed E-state index contributed by atoms with van der Waals surface area (Å²) in [7, 11) is 1.64. The van der Waals surface area contributed by atoms with E-state index < -0.39 is 0 Å². The van der Waals surface area contributed by atoms with Gasteiger partial charge in [-0.3, -0.25) is 0 Å². The van der Waals surface area contributed by atoms with Crippen molar-refractivity contribution in [2.75, 3.05) is 7.11 Å². The average molecular weight is 283 g/mol. The molecule has 0 aromatic heterocycles. The fourth-order valence-corrected chi connectivity index (χ4v) is 2.46. The normalized spacial score (nSPS) is 11.9. The number of hydrogen-bond donors (Lipinski definition) is 0. The van der Waals surface area contributed by atoms with E-state index in [0.717, 1.165) is 28.0 Å². The monoisotopic (exact) mass is 283 g/mol. The van der Waals surface area contributed by atoms with E-state index in [2.05, 4.69) is 17.5 Å². The van der Waals surface area contributed by atoms with E-state index in [1.54, 1.807) is 13.2 Å². The summed E-state index contributed by atoms with van der Waals surface area (Å²) in [5.74, 6) is 0.737. The Morgan fingerprint density at radius 2 is 1.86 bits per heavy atom. The molecule has 1 aliphatic rings. The van der Waals surface area contributed by atoms with Gasteiger partial charge < -0.3 is 4.74 Å². The van der Waals surface area contributed by atoms with Gasteiger partial charge in [0.2, 0.25) is 0 Å². The van der Waals surface area contributed by atoms with Crippen molar-refractivity contribution >= 4 is 5.57 Å². The number of nitriles is 1. The Morgan fingerprint density at radius 1 is 1.09 bits per heavy atom. The minimum Gasteiger partial charge on any atom is -0.495 e. The second-order valence-electron chi connectivity index (χ2n) is 4.79. The van der Waals surface area contributed by atoms with Gasteiger partial charge in [-0.25, -0.2) is 0 Å². The number of allylic oxidation sites excluding steroid dienone is 4. The lowest BCUT2D eigenvalue weighted by Crippen LogP contribution is -1.96. The molecular weight excluding hydrogens is 270 g/mol. The molecule has 0 amide bonds. The fraction of sp³-hybridized carbons (Fsp3) is 0.0500. The zero-order chi connectivity index (χ0) is 15.4. The molecule has 0 heterocycles. The first-order valence-corrected chi connectivity index (χ1v) is 6.90. The van der Waals surface area contributed by atoms with E-state index in [0.29, 0.717) is 5.56 Å². The molecule has 2 heteroatoms. The van der Waals surface area contributed by atoms with Crippen LogP contribution in [0.4, 0.5) is 0 Å². The van der Waals surface area contributed by atoms with Crippen LogP contribution in [0, 0.1) is 11.3 Å². The average Bonchev–Trinajstić information content (AvgIpc) is 2.62. The van der Waals surface area contributed by atoms with Gasteiger partial charge in [0.25, 0.3) is 0 Å². The topological polar surface area (TPSA) is 33.0 Å². The maximum Gasteiger partial charge on any atom is 0.135 e. The highest BCUT2D eigenvalue weighted by atomic mass is 16.5. The van der Waals surface area contributed by atoms with Gasteiger partial charge in [-0.2, -0.15) is 5.26 Å². The predicted molar refractivity (Wildman–Crippen MR) is 87.3 cm³/mol. The number of benzene rings is 2. The molecule has 0 fully saturated rings. The fourth-order valence-electron chi connectivity index (χ4n) is 2.46. The van der Waals surface area contributed by atoms with E-state index in [1.165, 1.54) is 0 Å². The SMILES string of the molecule is COc1c(C2=C=C=CC=C2)cc(C#N)cc1-c1ccccc1. The molecule has 2 nitrogen and oxygen atoms in total. The van der Waals surface area contributed by atoms with Gasteiger partial charge in [0.05, 0.1) is 18.7 Å². The van der Waals surface area contributed by atoms with Crippen LogP contribution < -0.4 is 4.74 Å². The Bertz CT molecular complexity index is 885. The van der Waals surface area contributed by atoms with Crippen molar-refractivity contribution in [1.29, 1.82) is 5.26 Å². The molecule has 2 aromatic carbocycles. The summed E-state index contributed by atoms with van der Waals surface area (Å²) in [5, 5.41) is 9.34. The maximum absolute atomic E-state index is 9.34. The molecule has 0 spiro atoms. The lowest BCUT2D eigenvalue weighted by molar-refractivity contribution is 0.415. The highest BCUT2D eigenvalue weighted by Crippen LogP contribution is 2.38. The van der Waals surface area contributed by atoms with Crippen molar-refractivity contribution < 1.29 is 4.74 Å². The predicted octanol–water partition coefficient (Wildman–Crippen LogP) is 4.50. The second kappa shape index (κ2) is 6.04. The van der Waals surface area contributed by atoms with Gasteiger partial charge in [0, 0.05) is 16.7 Å². The van der Waals surface area contributed by atoms with Gasteiger partial charge in [-0.05, 0) is 29.8 Å². The van der Waals surface area contributed by atoms with Crippen LogP contribution in [0.3, 0.4) is 0 Å². The van der Waals surface area contributed by atoms with Crippen LogP contribution in [0.25, 0.3) is 16.7 Å². The lowest BCUT2D eigenvalue weighted by Gasteiger charge is -2.15. The largest absolute Gasteiger partial charge is 0.495 e. The van der Waals surface area contributed by atoms with Crippen LogP contribution in [-0.2, 0) is 0 Å². The molecule has 0 saturated heterocycles. The van der Waals surface area contributed by atoms with Crippen LogP contribution in [-0.4, -0.2) is 7.11 Å². The van der Waals surface area contributed by atoms with Gasteiger partial charge in [0.1, 0.15) is 5.75 Å². The Balaban J connectivity index is 2.32. The molecule has 2 aromatic rings. The van der Waals surface area contributed by atoms with E-state index in [9.17, 15) is 5.26 Å². The van der Waals surface area contributed by atoms with Crippen molar-refractivity contribution in [2.45, 2.75) is 0 Å². The van der Waals surface area contributed by atoms with Gasteiger partial charge in [-0.15, -0.1) is 0 Å². The Morgan fingerprint density at radius 3 is 2.50 bits per heavy atom. The first kappa shape index (κ1) is 13.7. The zero-order valence-electron chi connectivity index (χ0n) is 12.1. The number of ether oxygens (including phenoxy) is 1. The molecule has 0 N–H and O–H groups in total. The van der Waals surface area contributed by atoms with Gasteiger partial charge in [0.15, 0.2) is 0 Å². The summed E-state index contributed by atoms with van der Waals surface area (Å²) in [6.45, 7) is 0. The van der Waals surface area contributed by atoms with Crippen LogP contribution in [0.15, 0.2) is 72.2 Å². The summed E-state index contributed by atoms with van der Waals surface area (Å²) >= 11 is 0. The number of nitrogens with zero attached hydrogens (tertiary/aromatic N) is 1. The quantitative estimate of drug-likeness (QED) is 0.777. The molecular formula is C20H13NO. The minimum atomic E-state index is 0.590. The van der Waals surface area contributed by atoms with Gasteiger partial charge >= 0.3 is 0 Å². The molecule has 0 bridgehead atoms. The van der Waals surface area contributed by atoms with E-state index in [-0.39, 0.29) is 0 Å². The third kappa shape index (κ3) is 2.51. The van der Waals surface area contributed by atoms with Crippen molar-refractivity contribution in [2.24, 2.45) is 0 Å². The number of methoxy groups -OCH3 is 1. The standard InChI is InChI=1S/C20H13NO/c1-22-20-18(16-8-4-2-5-9-16)12-15(14-21)13-19(20)17-10-6-3-7-11-17/h2-6,8-10,12-13H,1H3. The molecule has 0 radical (unpaired) electrons. The first-order valence-electron chi connectivity index (χ1n) is 6.90. The zero-order valence-corrected chi connectivity index (χ0v) is 12.1. The highest BCUT2D eigenvalue weighted by Gasteiger charge is 2.15. The van der Waals surface area contributed by atoms with Crippen LogP contribution in [0.2, 0.25) is 0 Å². The summed E-state index contributed by atoms with van der Waals surface area (Å²) in [5.41, 5.74) is 10.2. The molecule has 104 valence electrons. The van der Waals surface area contributed by atoms with Crippen molar-refractivity contribution in [3.8, 4) is 22.9 Å². The third-order valence-corrected chi connectivity index (χ3v) is 3.45. The summed E-state index contributed by atoms with van der Waals surface area (Å²) in [4.78, 5) is 0. The summed E-state index contributed by atoms with van der Waals surface area (Å²) < 4.78 is 5.64.